The Labute approximate surface area is 118 Å². The number of aromatic nitrogens is 4. The standard InChI is InChI=1S/C13H17BN4O2/c1-13(2)8-19-14(20-9-13)11-6-4-5-10(7-11)12-15-17-18(3)16-12/h4-7H,8-9H2,1-3H3. The van der Waals surface area contributed by atoms with E-state index in [1.54, 1.807) is 7.05 Å². The highest BCUT2D eigenvalue weighted by molar-refractivity contribution is 6.61. The van der Waals surface area contributed by atoms with E-state index in [0.29, 0.717) is 19.0 Å². The summed E-state index contributed by atoms with van der Waals surface area (Å²) in [5.41, 5.74) is 1.96. The molecule has 1 fully saturated rings. The van der Waals surface area contributed by atoms with Crippen LogP contribution in [0.3, 0.4) is 0 Å². The molecule has 1 aromatic carbocycles. The van der Waals surface area contributed by atoms with Gasteiger partial charge in [0, 0.05) is 24.2 Å². The van der Waals surface area contributed by atoms with Crippen LogP contribution in [0.25, 0.3) is 11.4 Å². The van der Waals surface area contributed by atoms with E-state index in [4.69, 9.17) is 9.31 Å². The lowest BCUT2D eigenvalue weighted by Gasteiger charge is -2.33. The zero-order chi connectivity index (χ0) is 14.2. The maximum atomic E-state index is 5.79. The Hall–Kier alpha value is -1.73. The highest BCUT2D eigenvalue weighted by Gasteiger charge is 2.33. The molecule has 6 nitrogen and oxygen atoms in total. The molecule has 2 aromatic rings. The summed E-state index contributed by atoms with van der Waals surface area (Å²) < 4.78 is 11.6. The molecule has 0 radical (unpaired) electrons. The Kier molecular flexibility index (Phi) is 3.31. The van der Waals surface area contributed by atoms with E-state index in [9.17, 15) is 0 Å². The lowest BCUT2D eigenvalue weighted by atomic mass is 9.75. The third kappa shape index (κ3) is 2.73. The summed E-state index contributed by atoms with van der Waals surface area (Å²) in [4.78, 5) is 1.44. The molecule has 0 atom stereocenters. The Morgan fingerprint density at radius 2 is 2.00 bits per heavy atom. The van der Waals surface area contributed by atoms with Gasteiger partial charge in [0.2, 0.25) is 5.82 Å². The first-order chi connectivity index (χ1) is 9.53. The second-order valence-electron chi connectivity index (χ2n) is 5.85. The molecule has 104 valence electrons. The topological polar surface area (TPSA) is 62.1 Å². The van der Waals surface area contributed by atoms with E-state index < -0.39 is 0 Å². The van der Waals surface area contributed by atoms with E-state index in [1.165, 1.54) is 4.80 Å². The van der Waals surface area contributed by atoms with Crippen molar-refractivity contribution in [3.63, 3.8) is 0 Å². The maximum absolute atomic E-state index is 5.79. The third-order valence-corrected chi connectivity index (χ3v) is 3.18. The van der Waals surface area contributed by atoms with Crippen molar-refractivity contribution in [1.82, 2.24) is 20.2 Å². The normalized spacial score (nSPS) is 18.2. The maximum Gasteiger partial charge on any atom is 0.493 e. The van der Waals surface area contributed by atoms with Crippen LogP contribution in [-0.4, -0.2) is 40.5 Å². The van der Waals surface area contributed by atoms with Crippen molar-refractivity contribution < 1.29 is 9.31 Å². The number of hydrogen-bond donors (Lipinski definition) is 0. The van der Waals surface area contributed by atoms with Crippen molar-refractivity contribution in [2.75, 3.05) is 13.2 Å². The lowest BCUT2D eigenvalue weighted by molar-refractivity contribution is 0.0343. The molecule has 1 saturated heterocycles. The average molecular weight is 272 g/mol. The lowest BCUT2D eigenvalue weighted by Crippen LogP contribution is -2.47. The minimum absolute atomic E-state index is 0.0700. The van der Waals surface area contributed by atoms with E-state index >= 15 is 0 Å². The van der Waals surface area contributed by atoms with Crippen LogP contribution in [0.15, 0.2) is 24.3 Å². The van der Waals surface area contributed by atoms with Gasteiger partial charge in [0.25, 0.3) is 0 Å². The van der Waals surface area contributed by atoms with Gasteiger partial charge in [0.05, 0.1) is 7.05 Å². The van der Waals surface area contributed by atoms with Crippen molar-refractivity contribution in [3.8, 4) is 11.4 Å². The molecule has 0 N–H and O–H groups in total. The predicted molar refractivity (Wildman–Crippen MR) is 75.3 cm³/mol. The van der Waals surface area contributed by atoms with Gasteiger partial charge in [0.1, 0.15) is 0 Å². The van der Waals surface area contributed by atoms with E-state index in [-0.39, 0.29) is 12.5 Å². The fraction of sp³-hybridized carbons (Fsp3) is 0.462. The second-order valence-corrected chi connectivity index (χ2v) is 5.85. The van der Waals surface area contributed by atoms with E-state index in [0.717, 1.165) is 11.0 Å². The highest BCUT2D eigenvalue weighted by atomic mass is 16.6. The van der Waals surface area contributed by atoms with Gasteiger partial charge in [0.15, 0.2) is 0 Å². The zero-order valence-electron chi connectivity index (χ0n) is 11.9. The molecule has 0 saturated carbocycles. The minimum Gasteiger partial charge on any atom is -0.407 e. The van der Waals surface area contributed by atoms with Crippen LogP contribution >= 0.6 is 0 Å². The Morgan fingerprint density at radius 3 is 2.65 bits per heavy atom. The summed E-state index contributed by atoms with van der Waals surface area (Å²) >= 11 is 0. The number of rotatable bonds is 2. The molecular weight excluding hydrogens is 255 g/mol. The molecule has 1 aliphatic rings. The first kappa shape index (κ1) is 13.3. The van der Waals surface area contributed by atoms with Crippen LogP contribution in [0.1, 0.15) is 13.8 Å². The number of hydrogen-bond acceptors (Lipinski definition) is 5. The summed E-state index contributed by atoms with van der Waals surface area (Å²) in [7, 11) is 1.43. The van der Waals surface area contributed by atoms with Gasteiger partial charge in [-0.1, -0.05) is 38.1 Å². The summed E-state index contributed by atoms with van der Waals surface area (Å²) in [5.74, 6) is 0.602. The van der Waals surface area contributed by atoms with E-state index in [2.05, 4.69) is 29.3 Å². The molecular formula is C13H17BN4O2. The first-order valence-corrected chi connectivity index (χ1v) is 6.61. The summed E-state index contributed by atoms with van der Waals surface area (Å²) in [6, 6.07) is 7.88. The molecule has 7 heteroatoms. The van der Waals surface area contributed by atoms with Crippen molar-refractivity contribution in [1.29, 1.82) is 0 Å². The molecule has 0 spiro atoms. The summed E-state index contributed by atoms with van der Waals surface area (Å²) in [6.07, 6.45) is 0. The van der Waals surface area contributed by atoms with Gasteiger partial charge < -0.3 is 9.31 Å². The van der Waals surface area contributed by atoms with Gasteiger partial charge in [-0.15, -0.1) is 10.2 Å². The van der Waals surface area contributed by atoms with Gasteiger partial charge in [-0.2, -0.15) is 4.80 Å². The fourth-order valence-electron chi connectivity index (χ4n) is 2.11. The number of aryl methyl sites for hydroxylation is 1. The van der Waals surface area contributed by atoms with E-state index in [1.807, 2.05) is 24.3 Å². The molecule has 0 amide bonds. The monoisotopic (exact) mass is 272 g/mol. The average Bonchev–Trinajstić information content (AvgIpc) is 2.86. The number of nitrogens with zero attached hydrogens (tertiary/aromatic N) is 4. The molecule has 2 heterocycles. The molecule has 0 bridgehead atoms. The van der Waals surface area contributed by atoms with Gasteiger partial charge >= 0.3 is 7.12 Å². The molecule has 20 heavy (non-hydrogen) atoms. The van der Waals surface area contributed by atoms with Crippen LogP contribution < -0.4 is 5.46 Å². The smallest absolute Gasteiger partial charge is 0.407 e. The molecule has 3 rings (SSSR count). The second kappa shape index (κ2) is 4.99. The quantitative estimate of drug-likeness (QED) is 0.751. The van der Waals surface area contributed by atoms with Crippen LogP contribution in [0.2, 0.25) is 0 Å². The van der Waals surface area contributed by atoms with Crippen LogP contribution in [0.4, 0.5) is 0 Å². The SMILES string of the molecule is Cn1nnc(-c2cccc(B3OCC(C)(C)CO3)c2)n1. The first-order valence-electron chi connectivity index (χ1n) is 6.61. The van der Waals surface area contributed by atoms with Gasteiger partial charge in [-0.05, 0) is 10.7 Å². The Balaban J connectivity index is 1.81. The molecule has 0 unspecified atom stereocenters. The third-order valence-electron chi connectivity index (χ3n) is 3.18. The highest BCUT2D eigenvalue weighted by Crippen LogP contribution is 2.22. The van der Waals surface area contributed by atoms with Crippen molar-refractivity contribution in [2.45, 2.75) is 13.8 Å². The fourth-order valence-corrected chi connectivity index (χ4v) is 2.11. The zero-order valence-corrected chi connectivity index (χ0v) is 11.9. The van der Waals surface area contributed by atoms with Crippen LogP contribution in [0, 0.1) is 5.41 Å². The van der Waals surface area contributed by atoms with Crippen molar-refractivity contribution in [2.24, 2.45) is 12.5 Å². The van der Waals surface area contributed by atoms with Gasteiger partial charge in [-0.25, -0.2) is 0 Å². The van der Waals surface area contributed by atoms with Crippen molar-refractivity contribution >= 4 is 12.6 Å². The molecule has 1 aliphatic heterocycles. The summed E-state index contributed by atoms with van der Waals surface area (Å²) in [5, 5.41) is 12.1. The predicted octanol–water partition coefficient (Wildman–Crippen LogP) is 0.645. The molecule has 0 aliphatic carbocycles. The van der Waals surface area contributed by atoms with Gasteiger partial charge in [-0.3, -0.25) is 0 Å². The van der Waals surface area contributed by atoms with Crippen LogP contribution in [0.5, 0.6) is 0 Å². The number of benzene rings is 1. The largest absolute Gasteiger partial charge is 0.493 e. The molecule has 1 aromatic heterocycles. The Bertz CT molecular complexity index is 604. The minimum atomic E-state index is -0.320. The van der Waals surface area contributed by atoms with Crippen LogP contribution in [-0.2, 0) is 16.4 Å². The number of tetrazole rings is 1. The Morgan fingerprint density at radius 1 is 1.25 bits per heavy atom. The van der Waals surface area contributed by atoms with Crippen molar-refractivity contribution in [3.05, 3.63) is 24.3 Å². The summed E-state index contributed by atoms with van der Waals surface area (Å²) in [6.45, 7) is 5.63.